The van der Waals surface area contributed by atoms with Crippen LogP contribution in [0.2, 0.25) is 0 Å². The minimum atomic E-state index is -3.58. The SMILES string of the molecule is CCn1c(SCC(=O)OC(C)C)nc2cc(S(=O)(=O)N3CCOCC3)ccc21. The number of rotatable bonds is 7. The van der Waals surface area contributed by atoms with Gasteiger partial charge in [-0.05, 0) is 39.0 Å². The van der Waals surface area contributed by atoms with Crippen LogP contribution in [-0.2, 0) is 30.8 Å². The van der Waals surface area contributed by atoms with Crippen LogP contribution in [0.1, 0.15) is 20.8 Å². The van der Waals surface area contributed by atoms with Crippen LogP contribution >= 0.6 is 11.8 Å². The Labute approximate surface area is 169 Å². The Morgan fingerprint density at radius 2 is 2.04 bits per heavy atom. The minimum absolute atomic E-state index is 0.153. The van der Waals surface area contributed by atoms with Crippen molar-refractivity contribution >= 4 is 38.8 Å². The number of carbonyl (C=O) groups is 1. The first-order valence-corrected chi connectivity index (χ1v) is 11.7. The number of benzene rings is 1. The van der Waals surface area contributed by atoms with Crippen molar-refractivity contribution in [1.82, 2.24) is 13.9 Å². The molecule has 1 aliphatic rings. The highest BCUT2D eigenvalue weighted by atomic mass is 32.2. The van der Waals surface area contributed by atoms with Gasteiger partial charge in [0.15, 0.2) is 5.16 Å². The normalized spacial score (nSPS) is 16.0. The predicted octanol–water partition coefficient (Wildman–Crippen LogP) is 2.12. The van der Waals surface area contributed by atoms with Crippen LogP contribution in [0.5, 0.6) is 0 Å². The van der Waals surface area contributed by atoms with Gasteiger partial charge in [0.25, 0.3) is 0 Å². The summed E-state index contributed by atoms with van der Waals surface area (Å²) in [5.41, 5.74) is 1.43. The number of nitrogens with zero attached hydrogens (tertiary/aromatic N) is 3. The maximum Gasteiger partial charge on any atom is 0.316 e. The molecule has 0 amide bonds. The molecule has 0 unspecified atom stereocenters. The van der Waals surface area contributed by atoms with E-state index in [0.717, 1.165) is 5.52 Å². The van der Waals surface area contributed by atoms with Crippen molar-refractivity contribution in [3.8, 4) is 0 Å². The Bertz CT molecular complexity index is 950. The molecule has 2 aromatic rings. The lowest BCUT2D eigenvalue weighted by Gasteiger charge is -2.26. The number of thioether (sulfide) groups is 1. The molecule has 154 valence electrons. The van der Waals surface area contributed by atoms with Gasteiger partial charge >= 0.3 is 5.97 Å². The molecule has 28 heavy (non-hydrogen) atoms. The van der Waals surface area contributed by atoms with Gasteiger partial charge in [0.1, 0.15) is 0 Å². The van der Waals surface area contributed by atoms with Crippen molar-refractivity contribution in [2.45, 2.75) is 43.5 Å². The standard InChI is InChI=1S/C18H25N3O5S2/c1-4-21-16-6-5-14(28(23,24)20-7-9-25-10-8-20)11-15(16)19-18(21)27-12-17(22)26-13(2)3/h5-6,11,13H,4,7-10,12H2,1-3H3. The Morgan fingerprint density at radius 1 is 1.32 bits per heavy atom. The monoisotopic (exact) mass is 427 g/mol. The molecule has 0 radical (unpaired) electrons. The topological polar surface area (TPSA) is 90.7 Å². The molecule has 1 fully saturated rings. The molecule has 0 N–H and O–H groups in total. The third kappa shape index (κ3) is 4.51. The summed E-state index contributed by atoms with van der Waals surface area (Å²) in [4.78, 5) is 16.6. The number of hydrogen-bond donors (Lipinski definition) is 0. The van der Waals surface area contributed by atoms with E-state index in [0.29, 0.717) is 43.5 Å². The van der Waals surface area contributed by atoms with Gasteiger partial charge in [-0.3, -0.25) is 4.79 Å². The first-order chi connectivity index (χ1) is 13.3. The first-order valence-electron chi connectivity index (χ1n) is 9.23. The number of carbonyl (C=O) groups excluding carboxylic acids is 1. The molecule has 1 aliphatic heterocycles. The summed E-state index contributed by atoms with van der Waals surface area (Å²) in [7, 11) is -3.58. The van der Waals surface area contributed by atoms with Crippen LogP contribution in [0, 0.1) is 0 Å². The summed E-state index contributed by atoms with van der Waals surface area (Å²) in [5.74, 6) is -0.147. The number of aryl methyl sites for hydroxylation is 1. The van der Waals surface area contributed by atoms with Crippen molar-refractivity contribution in [3.05, 3.63) is 18.2 Å². The molecule has 3 rings (SSSR count). The van der Waals surface area contributed by atoms with Crippen molar-refractivity contribution in [3.63, 3.8) is 0 Å². The van der Waals surface area contributed by atoms with Crippen molar-refractivity contribution in [2.24, 2.45) is 0 Å². The van der Waals surface area contributed by atoms with Gasteiger partial charge in [-0.2, -0.15) is 4.31 Å². The van der Waals surface area contributed by atoms with E-state index in [9.17, 15) is 13.2 Å². The molecule has 0 atom stereocenters. The number of imidazole rings is 1. The van der Waals surface area contributed by atoms with Gasteiger partial charge in [-0.1, -0.05) is 11.8 Å². The van der Waals surface area contributed by atoms with Crippen LogP contribution in [-0.4, -0.2) is 66.4 Å². The van der Waals surface area contributed by atoms with Crippen LogP contribution in [0.3, 0.4) is 0 Å². The van der Waals surface area contributed by atoms with E-state index in [1.54, 1.807) is 32.0 Å². The lowest BCUT2D eigenvalue weighted by Crippen LogP contribution is -2.40. The van der Waals surface area contributed by atoms with E-state index in [1.165, 1.54) is 16.1 Å². The smallest absolute Gasteiger partial charge is 0.316 e. The fourth-order valence-electron chi connectivity index (χ4n) is 3.02. The Balaban J connectivity index is 1.87. The molecule has 1 aromatic carbocycles. The molecule has 10 heteroatoms. The summed E-state index contributed by atoms with van der Waals surface area (Å²) in [5, 5.41) is 0.666. The summed E-state index contributed by atoms with van der Waals surface area (Å²) in [6.45, 7) is 7.76. The number of esters is 1. The van der Waals surface area contributed by atoms with E-state index < -0.39 is 10.0 Å². The molecule has 0 saturated carbocycles. The molecule has 0 bridgehead atoms. The highest BCUT2D eigenvalue weighted by Gasteiger charge is 2.27. The quantitative estimate of drug-likeness (QED) is 0.494. The maximum absolute atomic E-state index is 12.9. The lowest BCUT2D eigenvalue weighted by atomic mass is 10.3. The zero-order valence-electron chi connectivity index (χ0n) is 16.3. The maximum atomic E-state index is 12.9. The second-order valence-electron chi connectivity index (χ2n) is 6.63. The van der Waals surface area contributed by atoms with E-state index in [-0.39, 0.29) is 22.7 Å². The lowest BCUT2D eigenvalue weighted by molar-refractivity contribution is -0.144. The molecule has 0 spiro atoms. The molecule has 2 heterocycles. The Kier molecular flexibility index (Phi) is 6.64. The average Bonchev–Trinajstić information content (AvgIpc) is 3.03. The number of fused-ring (bicyclic) bond motifs is 1. The molecule has 1 saturated heterocycles. The van der Waals surface area contributed by atoms with E-state index >= 15 is 0 Å². The van der Waals surface area contributed by atoms with Gasteiger partial charge in [0.2, 0.25) is 10.0 Å². The van der Waals surface area contributed by atoms with E-state index in [4.69, 9.17) is 9.47 Å². The summed E-state index contributed by atoms with van der Waals surface area (Å²) >= 11 is 1.29. The largest absolute Gasteiger partial charge is 0.462 e. The van der Waals surface area contributed by atoms with Crippen LogP contribution in [0.4, 0.5) is 0 Å². The van der Waals surface area contributed by atoms with Gasteiger partial charge < -0.3 is 14.0 Å². The molecule has 8 nitrogen and oxygen atoms in total. The second kappa shape index (κ2) is 8.81. The predicted molar refractivity (Wildman–Crippen MR) is 107 cm³/mol. The summed E-state index contributed by atoms with van der Waals surface area (Å²) in [6, 6.07) is 4.99. The second-order valence-corrected chi connectivity index (χ2v) is 9.51. The average molecular weight is 428 g/mol. The van der Waals surface area contributed by atoms with Crippen LogP contribution < -0.4 is 0 Å². The fraction of sp³-hybridized carbons (Fsp3) is 0.556. The van der Waals surface area contributed by atoms with Crippen molar-refractivity contribution in [1.29, 1.82) is 0 Å². The van der Waals surface area contributed by atoms with Gasteiger partial charge in [-0.25, -0.2) is 13.4 Å². The molecular formula is C18H25N3O5S2. The van der Waals surface area contributed by atoms with Gasteiger partial charge in [-0.15, -0.1) is 0 Å². The fourth-order valence-corrected chi connectivity index (χ4v) is 5.31. The number of aromatic nitrogens is 2. The highest BCUT2D eigenvalue weighted by Crippen LogP contribution is 2.27. The third-order valence-corrected chi connectivity index (χ3v) is 7.14. The number of sulfonamides is 1. The van der Waals surface area contributed by atoms with Crippen LogP contribution in [0.15, 0.2) is 28.3 Å². The molecule has 1 aromatic heterocycles. The van der Waals surface area contributed by atoms with Gasteiger partial charge in [0, 0.05) is 19.6 Å². The zero-order valence-corrected chi connectivity index (χ0v) is 17.9. The Morgan fingerprint density at radius 3 is 2.68 bits per heavy atom. The summed E-state index contributed by atoms with van der Waals surface area (Å²) < 4.78 is 39.6. The zero-order chi connectivity index (χ0) is 20.3. The minimum Gasteiger partial charge on any atom is -0.462 e. The number of ether oxygens (including phenoxy) is 2. The first kappa shape index (κ1) is 21.1. The third-order valence-electron chi connectivity index (χ3n) is 4.29. The molecule has 0 aliphatic carbocycles. The van der Waals surface area contributed by atoms with E-state index in [2.05, 4.69) is 4.98 Å². The number of morpholine rings is 1. The van der Waals surface area contributed by atoms with Crippen molar-refractivity contribution < 1.29 is 22.7 Å². The van der Waals surface area contributed by atoms with E-state index in [1.807, 2.05) is 11.5 Å². The summed E-state index contributed by atoms with van der Waals surface area (Å²) in [6.07, 6.45) is -0.161. The molecular weight excluding hydrogens is 402 g/mol. The highest BCUT2D eigenvalue weighted by molar-refractivity contribution is 7.99. The number of hydrogen-bond acceptors (Lipinski definition) is 7. The van der Waals surface area contributed by atoms with Gasteiger partial charge in [0.05, 0.1) is 41.0 Å². The van der Waals surface area contributed by atoms with Crippen LogP contribution in [0.25, 0.3) is 11.0 Å². The Hall–Kier alpha value is -1.62. The van der Waals surface area contributed by atoms with Crippen molar-refractivity contribution in [2.75, 3.05) is 32.1 Å².